The predicted molar refractivity (Wildman–Crippen MR) is 124 cm³/mol. The van der Waals surface area contributed by atoms with Crippen LogP contribution in [0.3, 0.4) is 0 Å². The van der Waals surface area contributed by atoms with Gasteiger partial charge in [-0.1, -0.05) is 19.3 Å². The van der Waals surface area contributed by atoms with E-state index in [-0.39, 0.29) is 23.6 Å². The van der Waals surface area contributed by atoms with E-state index in [1.165, 1.54) is 27.4 Å². The van der Waals surface area contributed by atoms with Crippen molar-refractivity contribution in [3.8, 4) is 5.75 Å². The number of hydrogen-bond donors (Lipinski definition) is 2. The van der Waals surface area contributed by atoms with E-state index in [0.717, 1.165) is 37.0 Å². The highest BCUT2D eigenvalue weighted by atomic mass is 19.3. The second kappa shape index (κ2) is 9.40. The molecule has 1 saturated carbocycles. The third-order valence-electron chi connectivity index (χ3n) is 6.32. The van der Waals surface area contributed by atoms with E-state index in [1.54, 1.807) is 23.1 Å². The Hall–Kier alpha value is -3.50. The van der Waals surface area contributed by atoms with Crippen LogP contribution in [-0.2, 0) is 4.79 Å². The molecule has 34 heavy (non-hydrogen) atoms. The van der Waals surface area contributed by atoms with E-state index in [2.05, 4.69) is 20.6 Å². The monoisotopic (exact) mass is 474 g/mol. The van der Waals surface area contributed by atoms with Crippen molar-refractivity contribution < 1.29 is 23.1 Å². The number of benzene rings is 1. The highest BCUT2D eigenvalue weighted by molar-refractivity contribution is 6.02. The van der Waals surface area contributed by atoms with E-state index in [0.29, 0.717) is 22.8 Å². The Labute approximate surface area is 196 Å². The molecule has 182 valence electrons. The Morgan fingerprint density at radius 1 is 1.24 bits per heavy atom. The van der Waals surface area contributed by atoms with Crippen LogP contribution in [0.4, 0.5) is 31.9 Å². The van der Waals surface area contributed by atoms with Gasteiger partial charge in [0.15, 0.2) is 5.82 Å². The number of nitrogens with one attached hydrogen (secondary N) is 2. The molecular weight excluding hydrogens is 446 g/mol. The fraction of sp³-hybridized carbons (Fsp3) is 0.478. The van der Waals surface area contributed by atoms with Gasteiger partial charge in [-0.05, 0) is 31.0 Å². The Morgan fingerprint density at radius 2 is 1.97 bits per heavy atom. The first-order valence-corrected chi connectivity index (χ1v) is 11.2. The Balaban J connectivity index is 1.72. The molecule has 1 fully saturated rings. The number of methoxy groups -OCH3 is 1. The molecule has 2 N–H and O–H groups in total. The van der Waals surface area contributed by atoms with Crippen LogP contribution < -0.4 is 25.2 Å². The Kier molecular flexibility index (Phi) is 6.54. The second-order valence-electron chi connectivity index (χ2n) is 8.51. The largest absolute Gasteiger partial charge is 0.495 e. The molecule has 1 aromatic carbocycles. The van der Waals surface area contributed by atoms with Crippen molar-refractivity contribution in [1.29, 1.82) is 0 Å². The molecule has 0 bridgehead atoms. The van der Waals surface area contributed by atoms with Gasteiger partial charge in [0.25, 0.3) is 11.8 Å². The number of amides is 2. The van der Waals surface area contributed by atoms with Crippen molar-refractivity contribution in [3.63, 3.8) is 0 Å². The van der Waals surface area contributed by atoms with Gasteiger partial charge in [-0.2, -0.15) is 13.8 Å². The molecule has 2 aliphatic rings. The number of hydrogen-bond acceptors (Lipinski definition) is 7. The minimum atomic E-state index is -3.54. The van der Waals surface area contributed by atoms with Crippen LogP contribution in [0.15, 0.2) is 24.4 Å². The summed E-state index contributed by atoms with van der Waals surface area (Å²) in [7, 11) is 4.32. The minimum Gasteiger partial charge on any atom is -0.495 e. The number of aromatic nitrogens is 2. The van der Waals surface area contributed by atoms with Crippen molar-refractivity contribution in [2.24, 2.45) is 0 Å². The summed E-state index contributed by atoms with van der Waals surface area (Å²) in [4.78, 5) is 35.7. The maximum atomic E-state index is 14.8. The summed E-state index contributed by atoms with van der Waals surface area (Å²) in [6, 6.07) is 4.71. The number of ether oxygens (including phenoxy) is 1. The number of fused-ring (bicyclic) bond motifs is 1. The van der Waals surface area contributed by atoms with Crippen LogP contribution in [0, 0.1) is 0 Å². The lowest BCUT2D eigenvalue weighted by molar-refractivity contribution is -0.140. The summed E-state index contributed by atoms with van der Waals surface area (Å²) in [5.41, 5.74) is 1.15. The molecule has 9 nitrogen and oxygen atoms in total. The number of carbonyl (C=O) groups excluding carboxylic acids is 2. The number of rotatable bonds is 5. The molecule has 2 aromatic rings. The zero-order valence-electron chi connectivity index (χ0n) is 19.4. The highest BCUT2D eigenvalue weighted by Crippen LogP contribution is 2.39. The molecule has 1 aliphatic carbocycles. The summed E-state index contributed by atoms with van der Waals surface area (Å²) in [6.45, 7) is -0.728. The molecule has 4 rings (SSSR count). The molecule has 1 aliphatic heterocycles. The smallest absolute Gasteiger partial charge is 0.342 e. The number of carbonyl (C=O) groups is 2. The van der Waals surface area contributed by atoms with Crippen LogP contribution in [0.1, 0.15) is 42.5 Å². The predicted octanol–water partition coefficient (Wildman–Crippen LogP) is 3.34. The summed E-state index contributed by atoms with van der Waals surface area (Å²) >= 11 is 0. The van der Waals surface area contributed by atoms with Gasteiger partial charge >= 0.3 is 5.92 Å². The van der Waals surface area contributed by atoms with E-state index < -0.39 is 18.4 Å². The molecule has 11 heteroatoms. The average molecular weight is 475 g/mol. The summed E-state index contributed by atoms with van der Waals surface area (Å²) in [6.07, 6.45) is 5.85. The van der Waals surface area contributed by atoms with E-state index in [1.807, 2.05) is 0 Å². The van der Waals surface area contributed by atoms with Gasteiger partial charge in [0.1, 0.15) is 11.4 Å². The van der Waals surface area contributed by atoms with Gasteiger partial charge in [-0.15, -0.1) is 0 Å². The van der Waals surface area contributed by atoms with Crippen LogP contribution in [0.5, 0.6) is 5.75 Å². The summed E-state index contributed by atoms with van der Waals surface area (Å²) in [5.74, 6) is -4.23. The molecule has 2 amide bonds. The normalized spacial score (nSPS) is 18.2. The van der Waals surface area contributed by atoms with Crippen molar-refractivity contribution in [2.45, 2.75) is 44.1 Å². The summed E-state index contributed by atoms with van der Waals surface area (Å²) in [5, 5.41) is 5.61. The van der Waals surface area contributed by atoms with E-state index >= 15 is 0 Å². The highest BCUT2D eigenvalue weighted by Gasteiger charge is 2.48. The molecule has 0 spiro atoms. The van der Waals surface area contributed by atoms with Gasteiger partial charge in [0, 0.05) is 25.7 Å². The number of nitrogens with zero attached hydrogens (tertiary/aromatic N) is 4. The molecule has 0 unspecified atom stereocenters. The fourth-order valence-electron chi connectivity index (χ4n) is 4.48. The lowest BCUT2D eigenvalue weighted by atomic mass is 9.94. The summed E-state index contributed by atoms with van der Waals surface area (Å²) < 4.78 is 35.0. The lowest BCUT2D eigenvalue weighted by Gasteiger charge is -2.35. The maximum Gasteiger partial charge on any atom is 0.342 e. The van der Waals surface area contributed by atoms with Crippen LogP contribution >= 0.6 is 0 Å². The number of anilines is 4. The quantitative estimate of drug-likeness (QED) is 0.686. The van der Waals surface area contributed by atoms with Gasteiger partial charge in [-0.3, -0.25) is 9.59 Å². The van der Waals surface area contributed by atoms with Gasteiger partial charge in [-0.25, -0.2) is 4.98 Å². The topological polar surface area (TPSA) is 99.7 Å². The van der Waals surface area contributed by atoms with Crippen LogP contribution in [-0.4, -0.2) is 61.5 Å². The first kappa shape index (κ1) is 23.7. The van der Waals surface area contributed by atoms with Crippen molar-refractivity contribution in [1.82, 2.24) is 15.3 Å². The Bertz CT molecular complexity index is 1090. The second-order valence-corrected chi connectivity index (χ2v) is 8.51. The molecule has 0 radical (unpaired) electrons. The van der Waals surface area contributed by atoms with E-state index in [9.17, 15) is 18.4 Å². The average Bonchev–Trinajstić information content (AvgIpc) is 2.93. The molecular formula is C23H28F2N6O3. The Morgan fingerprint density at radius 3 is 2.65 bits per heavy atom. The van der Waals surface area contributed by atoms with Gasteiger partial charge in [0.05, 0.1) is 25.5 Å². The molecule has 0 atom stereocenters. The third kappa shape index (κ3) is 4.46. The zero-order valence-corrected chi connectivity index (χ0v) is 19.4. The number of alkyl halides is 2. The van der Waals surface area contributed by atoms with Crippen LogP contribution in [0.25, 0.3) is 0 Å². The molecule has 2 heterocycles. The third-order valence-corrected chi connectivity index (χ3v) is 6.32. The van der Waals surface area contributed by atoms with Crippen molar-refractivity contribution in [2.75, 3.05) is 42.9 Å². The SMILES string of the molecule is CNC(=O)c1ccc(Nc2ncc3c(n2)N(C2CCCCC2)CC(F)(F)C(=O)N3C)c(OC)c1. The van der Waals surface area contributed by atoms with Crippen molar-refractivity contribution >= 4 is 35.0 Å². The van der Waals surface area contributed by atoms with Crippen LogP contribution in [0.2, 0.25) is 0 Å². The molecule has 0 saturated heterocycles. The van der Waals surface area contributed by atoms with Gasteiger partial charge < -0.3 is 25.2 Å². The minimum absolute atomic E-state index is 0.137. The maximum absolute atomic E-state index is 14.8. The standard InChI is InChI=1S/C23H28F2N6O3/c1-26-20(32)14-9-10-16(18(11-14)34-3)28-22-27-12-17-19(29-22)31(15-7-5-4-6-8-15)13-23(24,25)21(33)30(17)2/h9-12,15H,4-8,13H2,1-3H3,(H,26,32)(H,27,28,29). The fourth-order valence-corrected chi connectivity index (χ4v) is 4.48. The number of halogens is 2. The molecule has 1 aromatic heterocycles. The van der Waals surface area contributed by atoms with E-state index in [4.69, 9.17) is 4.74 Å². The zero-order chi connectivity index (χ0) is 24.5. The van der Waals surface area contributed by atoms with Gasteiger partial charge in [0.2, 0.25) is 5.95 Å². The van der Waals surface area contributed by atoms with Crippen molar-refractivity contribution in [3.05, 3.63) is 30.0 Å². The first-order valence-electron chi connectivity index (χ1n) is 11.2. The first-order chi connectivity index (χ1) is 16.2. The lowest BCUT2D eigenvalue weighted by Crippen LogP contribution is -2.49.